The highest BCUT2D eigenvalue weighted by atomic mass is 15.0. The van der Waals surface area contributed by atoms with Gasteiger partial charge in [0.1, 0.15) is 0 Å². The number of benzene rings is 7. The van der Waals surface area contributed by atoms with Crippen molar-refractivity contribution in [1.29, 1.82) is 0 Å². The molecule has 40 heavy (non-hydrogen) atoms. The average Bonchev–Trinajstić information content (AvgIpc) is 3.53. The molecule has 0 radical (unpaired) electrons. The number of fused-ring (bicyclic) bond motifs is 10. The molecule has 0 saturated carbocycles. The molecule has 0 amide bonds. The van der Waals surface area contributed by atoms with Crippen molar-refractivity contribution in [3.05, 3.63) is 146 Å². The van der Waals surface area contributed by atoms with E-state index in [0.29, 0.717) is 0 Å². The van der Waals surface area contributed by atoms with Crippen molar-refractivity contribution in [1.82, 2.24) is 9.13 Å². The van der Waals surface area contributed by atoms with Crippen molar-refractivity contribution in [2.45, 2.75) is 0 Å². The van der Waals surface area contributed by atoms with E-state index in [0.717, 1.165) is 0 Å². The second kappa shape index (κ2) is 8.08. The van der Waals surface area contributed by atoms with Crippen LogP contribution in [-0.2, 0) is 0 Å². The standard InChI is InChI=1S/C38H24N2/c1-3-13-27(14-4-1)39-34-22-20-25-11-7-9-17-29(25)37(34)33-23-32-31-21-19-26-12-8-10-18-30(26)38(31)40(35(32)24-36(33)39)28-15-5-2-6-16-28/h1-24H. The molecule has 2 aromatic heterocycles. The van der Waals surface area contributed by atoms with Gasteiger partial charge in [-0.1, -0.05) is 103 Å². The number of nitrogens with zero attached hydrogens (tertiary/aromatic N) is 2. The summed E-state index contributed by atoms with van der Waals surface area (Å²) in [6.07, 6.45) is 0. The second-order valence-electron chi connectivity index (χ2n) is 10.6. The van der Waals surface area contributed by atoms with Crippen LogP contribution in [0.1, 0.15) is 0 Å². The lowest BCUT2D eigenvalue weighted by Gasteiger charge is -2.11. The molecular formula is C38H24N2. The molecule has 2 heterocycles. The van der Waals surface area contributed by atoms with Gasteiger partial charge in [0.25, 0.3) is 0 Å². The largest absolute Gasteiger partial charge is 0.309 e. The van der Waals surface area contributed by atoms with E-state index < -0.39 is 0 Å². The molecule has 2 nitrogen and oxygen atoms in total. The van der Waals surface area contributed by atoms with Gasteiger partial charge < -0.3 is 9.13 Å². The monoisotopic (exact) mass is 508 g/mol. The molecule has 0 bridgehead atoms. The third-order valence-corrected chi connectivity index (χ3v) is 8.46. The van der Waals surface area contributed by atoms with Crippen LogP contribution in [0.2, 0.25) is 0 Å². The molecule has 2 heteroatoms. The summed E-state index contributed by atoms with van der Waals surface area (Å²) in [6, 6.07) is 53.0. The highest BCUT2D eigenvalue weighted by molar-refractivity contribution is 6.27. The Morgan fingerprint density at radius 2 is 0.900 bits per heavy atom. The fourth-order valence-corrected chi connectivity index (χ4v) is 6.76. The Labute approximate surface area is 230 Å². The topological polar surface area (TPSA) is 9.86 Å². The van der Waals surface area contributed by atoms with Crippen LogP contribution in [0, 0.1) is 0 Å². The SMILES string of the molecule is c1ccc(-n2c3cc4c(cc3c3c5ccccc5ccc32)c2ccc3ccccc3c2n4-c2ccccc2)cc1. The Hall–Kier alpha value is -5.34. The van der Waals surface area contributed by atoms with Crippen LogP contribution in [0.15, 0.2) is 146 Å². The van der Waals surface area contributed by atoms with Crippen molar-refractivity contribution < 1.29 is 0 Å². The first-order valence-corrected chi connectivity index (χ1v) is 13.8. The number of hydrogen-bond donors (Lipinski definition) is 0. The molecule has 9 aromatic rings. The zero-order valence-corrected chi connectivity index (χ0v) is 21.8. The lowest BCUT2D eigenvalue weighted by atomic mass is 10.0. The summed E-state index contributed by atoms with van der Waals surface area (Å²) in [5.41, 5.74) is 7.26. The van der Waals surface area contributed by atoms with E-state index >= 15 is 0 Å². The molecule has 0 atom stereocenters. The molecule has 0 aliphatic heterocycles. The van der Waals surface area contributed by atoms with E-state index in [9.17, 15) is 0 Å². The van der Waals surface area contributed by atoms with Crippen LogP contribution >= 0.6 is 0 Å². The maximum Gasteiger partial charge on any atom is 0.0619 e. The predicted molar refractivity (Wildman–Crippen MR) is 170 cm³/mol. The van der Waals surface area contributed by atoms with Crippen LogP contribution < -0.4 is 0 Å². The van der Waals surface area contributed by atoms with Gasteiger partial charge in [-0.25, -0.2) is 0 Å². The molecule has 0 saturated heterocycles. The smallest absolute Gasteiger partial charge is 0.0619 e. The maximum absolute atomic E-state index is 2.46. The second-order valence-corrected chi connectivity index (χ2v) is 10.6. The fourth-order valence-electron chi connectivity index (χ4n) is 6.76. The normalized spacial score (nSPS) is 12.0. The van der Waals surface area contributed by atoms with Crippen LogP contribution in [0.25, 0.3) is 76.5 Å². The van der Waals surface area contributed by atoms with Crippen LogP contribution in [0.4, 0.5) is 0 Å². The number of rotatable bonds is 2. The van der Waals surface area contributed by atoms with Crippen molar-refractivity contribution in [3.63, 3.8) is 0 Å². The lowest BCUT2D eigenvalue weighted by Crippen LogP contribution is -1.96. The third-order valence-electron chi connectivity index (χ3n) is 8.46. The molecule has 0 N–H and O–H groups in total. The quantitative estimate of drug-likeness (QED) is 0.220. The minimum atomic E-state index is 1.17. The number of aromatic nitrogens is 2. The summed E-state index contributed by atoms with van der Waals surface area (Å²) in [5.74, 6) is 0. The summed E-state index contributed by atoms with van der Waals surface area (Å²) in [7, 11) is 0. The highest BCUT2D eigenvalue weighted by Crippen LogP contribution is 2.43. The minimum Gasteiger partial charge on any atom is -0.309 e. The van der Waals surface area contributed by atoms with Gasteiger partial charge in [0, 0.05) is 38.3 Å². The van der Waals surface area contributed by atoms with Crippen molar-refractivity contribution in [3.8, 4) is 11.4 Å². The molecule has 0 fully saturated rings. The Morgan fingerprint density at radius 1 is 0.325 bits per heavy atom. The molecule has 0 spiro atoms. The molecule has 0 unspecified atom stereocenters. The van der Waals surface area contributed by atoms with Gasteiger partial charge in [-0.05, 0) is 58.6 Å². The van der Waals surface area contributed by atoms with E-state index in [1.54, 1.807) is 0 Å². The Bertz CT molecular complexity index is 2410. The van der Waals surface area contributed by atoms with E-state index in [-0.39, 0.29) is 0 Å². The van der Waals surface area contributed by atoms with Crippen molar-refractivity contribution in [2.75, 3.05) is 0 Å². The summed E-state index contributed by atoms with van der Waals surface area (Å²) in [4.78, 5) is 0. The Balaban J connectivity index is 1.56. The first-order valence-electron chi connectivity index (χ1n) is 13.8. The van der Waals surface area contributed by atoms with Gasteiger partial charge in [-0.3, -0.25) is 0 Å². The fraction of sp³-hybridized carbons (Fsp3) is 0. The molecular weight excluding hydrogens is 484 g/mol. The van der Waals surface area contributed by atoms with Crippen LogP contribution in [-0.4, -0.2) is 9.13 Å². The van der Waals surface area contributed by atoms with Gasteiger partial charge in [0.15, 0.2) is 0 Å². The van der Waals surface area contributed by atoms with Gasteiger partial charge in [-0.2, -0.15) is 0 Å². The Kier molecular flexibility index (Phi) is 4.36. The predicted octanol–water partition coefficient (Wildman–Crippen LogP) is 10.2. The highest BCUT2D eigenvalue weighted by Gasteiger charge is 2.20. The summed E-state index contributed by atoms with van der Waals surface area (Å²) >= 11 is 0. The molecule has 0 aliphatic rings. The van der Waals surface area contributed by atoms with Gasteiger partial charge in [-0.15, -0.1) is 0 Å². The minimum absolute atomic E-state index is 1.17. The summed E-state index contributed by atoms with van der Waals surface area (Å²) < 4.78 is 4.89. The zero-order chi connectivity index (χ0) is 26.2. The third kappa shape index (κ3) is 2.88. The van der Waals surface area contributed by atoms with E-state index in [4.69, 9.17) is 0 Å². The van der Waals surface area contributed by atoms with Gasteiger partial charge >= 0.3 is 0 Å². The van der Waals surface area contributed by atoms with E-state index in [1.807, 2.05) is 0 Å². The molecule has 7 aromatic carbocycles. The summed E-state index contributed by atoms with van der Waals surface area (Å²) in [5, 5.41) is 10.2. The number of para-hydroxylation sites is 2. The van der Waals surface area contributed by atoms with E-state index in [2.05, 4.69) is 155 Å². The first kappa shape index (κ1) is 21.6. The van der Waals surface area contributed by atoms with Gasteiger partial charge in [0.05, 0.1) is 22.1 Å². The van der Waals surface area contributed by atoms with Crippen molar-refractivity contribution >= 4 is 65.2 Å². The zero-order valence-electron chi connectivity index (χ0n) is 21.8. The summed E-state index contributed by atoms with van der Waals surface area (Å²) in [6.45, 7) is 0. The van der Waals surface area contributed by atoms with Crippen molar-refractivity contribution in [2.24, 2.45) is 0 Å². The number of hydrogen-bond acceptors (Lipinski definition) is 0. The van der Waals surface area contributed by atoms with Crippen LogP contribution in [0.5, 0.6) is 0 Å². The molecule has 0 aliphatic carbocycles. The molecule has 9 rings (SSSR count). The Morgan fingerprint density at radius 3 is 1.65 bits per heavy atom. The van der Waals surface area contributed by atoms with Crippen LogP contribution in [0.3, 0.4) is 0 Å². The first-order chi connectivity index (χ1) is 19.9. The average molecular weight is 509 g/mol. The molecule has 186 valence electrons. The van der Waals surface area contributed by atoms with Gasteiger partial charge in [0.2, 0.25) is 0 Å². The van der Waals surface area contributed by atoms with E-state index in [1.165, 1.54) is 76.5 Å². The lowest BCUT2D eigenvalue weighted by molar-refractivity contribution is 1.17. The maximum atomic E-state index is 2.46.